The maximum Gasteiger partial charge on any atom is 0.148 e. The Hall–Kier alpha value is -1.38. The van der Waals surface area contributed by atoms with Crippen LogP contribution in [0.2, 0.25) is 0 Å². The highest BCUT2D eigenvalue weighted by Crippen LogP contribution is 2.05. The van der Waals surface area contributed by atoms with E-state index < -0.39 is 0 Å². The zero-order chi connectivity index (χ0) is 14.0. The van der Waals surface area contributed by atoms with Gasteiger partial charge in [0.15, 0.2) is 0 Å². The van der Waals surface area contributed by atoms with Crippen molar-refractivity contribution in [2.45, 2.75) is 40.5 Å². The zero-order valence-electron chi connectivity index (χ0n) is 12.3. The van der Waals surface area contributed by atoms with Gasteiger partial charge in [-0.2, -0.15) is 0 Å². The second-order valence-electron chi connectivity index (χ2n) is 4.86. The van der Waals surface area contributed by atoms with Crippen molar-refractivity contribution in [1.82, 2.24) is 5.32 Å². The van der Waals surface area contributed by atoms with Crippen LogP contribution in [0.4, 0.5) is 0 Å². The molecule has 0 aliphatic carbocycles. The van der Waals surface area contributed by atoms with Crippen LogP contribution in [0, 0.1) is 5.92 Å². The van der Waals surface area contributed by atoms with Gasteiger partial charge in [-0.3, -0.25) is 4.99 Å². The molecule has 0 unspecified atom stereocenters. The Morgan fingerprint density at radius 1 is 1.39 bits per heavy atom. The summed E-state index contributed by atoms with van der Waals surface area (Å²) in [6.45, 7) is 17.7. The van der Waals surface area contributed by atoms with E-state index >= 15 is 0 Å². The quantitative estimate of drug-likeness (QED) is 0.303. The third-order valence-corrected chi connectivity index (χ3v) is 2.38. The number of aliphatic imine (C=N–C) groups is 2. The van der Waals surface area contributed by atoms with Crippen LogP contribution in [0.5, 0.6) is 0 Å². The number of hydrogen-bond acceptors (Lipinski definition) is 2. The molecule has 3 nitrogen and oxygen atoms in total. The van der Waals surface area contributed by atoms with Crippen molar-refractivity contribution in [3.05, 3.63) is 23.9 Å². The number of nitrogens with zero attached hydrogens (tertiary/aromatic N) is 2. The molecule has 0 saturated carbocycles. The van der Waals surface area contributed by atoms with Crippen LogP contribution < -0.4 is 5.32 Å². The molecular formula is C15H27N3. The van der Waals surface area contributed by atoms with Gasteiger partial charge in [0.2, 0.25) is 0 Å². The van der Waals surface area contributed by atoms with Gasteiger partial charge in [-0.1, -0.05) is 33.8 Å². The van der Waals surface area contributed by atoms with Crippen LogP contribution in [0.3, 0.4) is 0 Å². The Kier molecular flexibility index (Phi) is 8.89. The molecule has 3 heteroatoms. The van der Waals surface area contributed by atoms with Gasteiger partial charge in [-0.25, -0.2) is 4.99 Å². The van der Waals surface area contributed by atoms with E-state index in [-0.39, 0.29) is 0 Å². The lowest BCUT2D eigenvalue weighted by Crippen LogP contribution is -2.20. The summed E-state index contributed by atoms with van der Waals surface area (Å²) in [6, 6.07) is 0. The lowest BCUT2D eigenvalue weighted by molar-refractivity contribution is 0.599. The molecular weight excluding hydrogens is 222 g/mol. The second kappa shape index (κ2) is 9.63. The standard InChI is InChI=1S/C15H27N3/c1-7-8-9-17-15(16-6)10-14(13(4)5)18-11-12(2)3/h10,12,18H,4,6-9,11H2,1-3,5H3. The molecule has 0 aliphatic heterocycles. The number of rotatable bonds is 8. The van der Waals surface area contributed by atoms with Crippen molar-refractivity contribution < 1.29 is 0 Å². The van der Waals surface area contributed by atoms with Crippen molar-refractivity contribution >= 4 is 12.6 Å². The Bertz CT molecular complexity index is 325. The van der Waals surface area contributed by atoms with E-state index in [2.05, 4.69) is 49.4 Å². The largest absolute Gasteiger partial charge is 0.384 e. The van der Waals surface area contributed by atoms with Gasteiger partial charge in [-0.05, 0) is 31.6 Å². The molecule has 0 aromatic heterocycles. The van der Waals surface area contributed by atoms with Gasteiger partial charge >= 0.3 is 0 Å². The van der Waals surface area contributed by atoms with Crippen molar-refractivity contribution in [3.8, 4) is 0 Å². The summed E-state index contributed by atoms with van der Waals surface area (Å²) in [4.78, 5) is 8.36. The van der Waals surface area contributed by atoms with Gasteiger partial charge in [0.05, 0.1) is 0 Å². The van der Waals surface area contributed by atoms with Crippen LogP contribution in [0.15, 0.2) is 33.9 Å². The van der Waals surface area contributed by atoms with E-state index in [1.54, 1.807) is 0 Å². The molecule has 0 aromatic rings. The topological polar surface area (TPSA) is 36.8 Å². The first kappa shape index (κ1) is 16.6. The van der Waals surface area contributed by atoms with E-state index in [4.69, 9.17) is 0 Å². The fourth-order valence-electron chi connectivity index (χ4n) is 1.26. The SMILES string of the molecule is C=NC(C=C(NCC(C)C)C(=C)C)=NCCCC. The molecule has 0 atom stereocenters. The van der Waals surface area contributed by atoms with Crippen LogP contribution in [0.1, 0.15) is 40.5 Å². The van der Waals surface area contributed by atoms with Crippen LogP contribution in [-0.4, -0.2) is 25.6 Å². The van der Waals surface area contributed by atoms with Gasteiger partial charge < -0.3 is 5.32 Å². The fraction of sp³-hybridized carbons (Fsp3) is 0.600. The smallest absolute Gasteiger partial charge is 0.148 e. The van der Waals surface area contributed by atoms with Crippen LogP contribution >= 0.6 is 0 Å². The summed E-state index contributed by atoms with van der Waals surface area (Å²) in [7, 11) is 0. The average molecular weight is 249 g/mol. The summed E-state index contributed by atoms with van der Waals surface area (Å²) in [5.74, 6) is 1.27. The molecule has 0 amide bonds. The molecule has 0 bridgehead atoms. The number of unbranched alkanes of at least 4 members (excludes halogenated alkanes) is 1. The van der Waals surface area contributed by atoms with Crippen LogP contribution in [-0.2, 0) is 0 Å². The summed E-state index contributed by atoms with van der Waals surface area (Å²) in [5, 5.41) is 3.37. The summed E-state index contributed by atoms with van der Waals surface area (Å²) in [6.07, 6.45) is 4.14. The average Bonchev–Trinajstić information content (AvgIpc) is 2.31. The maximum absolute atomic E-state index is 4.41. The first-order chi connectivity index (χ1) is 8.51. The molecule has 0 rings (SSSR count). The highest BCUT2D eigenvalue weighted by molar-refractivity contribution is 5.96. The third-order valence-electron chi connectivity index (χ3n) is 2.38. The third kappa shape index (κ3) is 7.82. The van der Waals surface area contributed by atoms with Gasteiger partial charge in [0.1, 0.15) is 5.84 Å². The first-order valence-electron chi connectivity index (χ1n) is 6.63. The minimum atomic E-state index is 0.588. The Labute approximate surface area is 112 Å². The monoisotopic (exact) mass is 249 g/mol. The molecule has 0 heterocycles. The maximum atomic E-state index is 4.41. The molecule has 0 aromatic carbocycles. The van der Waals surface area contributed by atoms with E-state index in [1.807, 2.05) is 13.0 Å². The molecule has 0 saturated heterocycles. The van der Waals surface area contributed by atoms with Gasteiger partial charge in [0.25, 0.3) is 0 Å². The summed E-state index contributed by atoms with van der Waals surface area (Å²) < 4.78 is 0. The van der Waals surface area contributed by atoms with E-state index in [0.29, 0.717) is 11.8 Å². The fourth-order valence-corrected chi connectivity index (χ4v) is 1.26. The molecule has 102 valence electrons. The molecule has 18 heavy (non-hydrogen) atoms. The predicted molar refractivity (Wildman–Crippen MR) is 82.5 cm³/mol. The van der Waals surface area contributed by atoms with Crippen LogP contribution in [0.25, 0.3) is 0 Å². The van der Waals surface area contributed by atoms with E-state index in [1.165, 1.54) is 0 Å². The Morgan fingerprint density at radius 3 is 2.50 bits per heavy atom. The summed E-state index contributed by atoms with van der Waals surface area (Å²) in [5.41, 5.74) is 1.98. The van der Waals surface area contributed by atoms with Crippen molar-refractivity contribution in [3.63, 3.8) is 0 Å². The Balaban J connectivity index is 4.72. The minimum absolute atomic E-state index is 0.588. The predicted octanol–water partition coefficient (Wildman–Crippen LogP) is 3.59. The number of allylic oxidation sites excluding steroid dienone is 1. The molecule has 0 aliphatic rings. The second-order valence-corrected chi connectivity index (χ2v) is 4.86. The highest BCUT2D eigenvalue weighted by Gasteiger charge is 2.01. The highest BCUT2D eigenvalue weighted by atomic mass is 14.9. The van der Waals surface area contributed by atoms with Crippen molar-refractivity contribution in [1.29, 1.82) is 0 Å². The molecule has 1 N–H and O–H groups in total. The van der Waals surface area contributed by atoms with Crippen molar-refractivity contribution in [2.75, 3.05) is 13.1 Å². The zero-order valence-corrected chi connectivity index (χ0v) is 12.3. The van der Waals surface area contributed by atoms with E-state index in [0.717, 1.165) is 37.2 Å². The lowest BCUT2D eigenvalue weighted by atomic mass is 10.2. The van der Waals surface area contributed by atoms with Crippen molar-refractivity contribution in [2.24, 2.45) is 15.9 Å². The van der Waals surface area contributed by atoms with Gasteiger partial charge in [0, 0.05) is 24.9 Å². The lowest BCUT2D eigenvalue weighted by Gasteiger charge is -2.12. The summed E-state index contributed by atoms with van der Waals surface area (Å²) >= 11 is 0. The number of amidine groups is 1. The Morgan fingerprint density at radius 2 is 2.06 bits per heavy atom. The van der Waals surface area contributed by atoms with Gasteiger partial charge in [-0.15, -0.1) is 0 Å². The number of hydrogen-bond donors (Lipinski definition) is 1. The minimum Gasteiger partial charge on any atom is -0.384 e. The van der Waals surface area contributed by atoms with E-state index in [9.17, 15) is 0 Å². The first-order valence-corrected chi connectivity index (χ1v) is 6.63. The molecule has 0 fully saturated rings. The molecule has 0 spiro atoms. The normalized spacial score (nSPS) is 12.7. The number of nitrogens with one attached hydrogen (secondary N) is 1. The molecule has 0 radical (unpaired) electrons.